The lowest BCUT2D eigenvalue weighted by molar-refractivity contribution is -0.124. The molecule has 1 aliphatic rings. The molecule has 1 atom stereocenters. The summed E-state index contributed by atoms with van der Waals surface area (Å²) >= 11 is 0. The van der Waals surface area contributed by atoms with Gasteiger partial charge in [0.1, 0.15) is 17.0 Å². The summed E-state index contributed by atoms with van der Waals surface area (Å²) in [6, 6.07) is 3.18. The van der Waals surface area contributed by atoms with E-state index < -0.39 is 17.4 Å². The van der Waals surface area contributed by atoms with Gasteiger partial charge in [-0.05, 0) is 64.1 Å². The number of nitrogens with zero attached hydrogens (tertiary/aromatic N) is 1. The molecule has 0 saturated carbocycles. The van der Waals surface area contributed by atoms with Crippen molar-refractivity contribution in [3.63, 3.8) is 0 Å². The number of hydrazine groups is 1. The maximum Gasteiger partial charge on any atom is 0.269 e. The number of ether oxygens (including phenoxy) is 1. The lowest BCUT2D eigenvalue weighted by Crippen LogP contribution is -2.42. The molecule has 8 heteroatoms. The predicted octanol–water partition coefficient (Wildman–Crippen LogP) is 3.25. The minimum atomic E-state index is -0.878. The zero-order valence-electron chi connectivity index (χ0n) is 20.0. The van der Waals surface area contributed by atoms with Crippen LogP contribution in [-0.4, -0.2) is 35.4 Å². The van der Waals surface area contributed by atoms with Crippen LogP contribution in [0.3, 0.4) is 0 Å². The van der Waals surface area contributed by atoms with Crippen LogP contribution in [0, 0.1) is 0 Å². The van der Waals surface area contributed by atoms with Crippen LogP contribution in [0.1, 0.15) is 38.2 Å². The number of carbonyl (C=O) groups is 3. The maximum absolute atomic E-state index is 12.6. The number of amides is 3. The smallest absolute Gasteiger partial charge is 0.269 e. The van der Waals surface area contributed by atoms with Gasteiger partial charge in [0.25, 0.3) is 17.7 Å². The number of hydrogen-bond donors (Lipinski definition) is 3. The van der Waals surface area contributed by atoms with E-state index in [4.69, 9.17) is 4.74 Å². The van der Waals surface area contributed by atoms with Gasteiger partial charge in [0.05, 0.1) is 0 Å². The molecule has 0 aliphatic heterocycles. The Bertz CT molecular complexity index is 1120. The lowest BCUT2D eigenvalue weighted by atomic mass is 10.1. The third-order valence-electron chi connectivity index (χ3n) is 4.66. The summed E-state index contributed by atoms with van der Waals surface area (Å²) in [5, 5.41) is 2.52. The Hall–Kier alpha value is -4.20. The molecule has 178 valence electrons. The van der Waals surface area contributed by atoms with Crippen LogP contribution in [0.15, 0.2) is 89.7 Å². The van der Waals surface area contributed by atoms with Crippen LogP contribution in [0.25, 0.3) is 0 Å². The lowest BCUT2D eigenvalue weighted by Gasteiger charge is -2.24. The fraction of sp³-hybridized carbons (Fsp3) is 0.231. The van der Waals surface area contributed by atoms with Crippen molar-refractivity contribution < 1.29 is 19.1 Å². The highest BCUT2D eigenvalue weighted by Gasteiger charge is 2.22. The fourth-order valence-corrected chi connectivity index (χ4v) is 2.81. The molecule has 1 heterocycles. The molecule has 1 aliphatic carbocycles. The molecule has 3 amide bonds. The highest BCUT2D eigenvalue weighted by atomic mass is 16.5. The summed E-state index contributed by atoms with van der Waals surface area (Å²) in [7, 11) is 1.52. The van der Waals surface area contributed by atoms with Crippen molar-refractivity contribution in [1.82, 2.24) is 21.2 Å². The van der Waals surface area contributed by atoms with Crippen molar-refractivity contribution in [3.05, 3.63) is 95.4 Å². The maximum atomic E-state index is 12.6. The second-order valence-corrected chi connectivity index (χ2v) is 7.81. The molecule has 0 spiro atoms. The standard InChI is InChI=1S/C26H30N4O4/c1-6-19(10-7-9-18(2)3)23(31)29-30-24(32)20-11-8-14-26(4,15-12-20)34-21-13-16-28-22(17-21)25(33)27-5/h6-17H,1-5H3,(H,27,33)(H,29,31)(H,30,32)/b10-7-,19-6+. The summed E-state index contributed by atoms with van der Waals surface area (Å²) in [5.74, 6) is -0.779. The number of aromatic nitrogens is 1. The summed E-state index contributed by atoms with van der Waals surface area (Å²) in [6.45, 7) is 7.47. The second-order valence-electron chi connectivity index (χ2n) is 7.81. The van der Waals surface area contributed by atoms with Gasteiger partial charge in [0, 0.05) is 30.5 Å². The molecule has 1 aromatic rings. The number of hydrogen-bond acceptors (Lipinski definition) is 5. The first kappa shape index (κ1) is 26.1. The van der Waals surface area contributed by atoms with Gasteiger partial charge < -0.3 is 10.1 Å². The Balaban J connectivity index is 2.02. The first-order valence-corrected chi connectivity index (χ1v) is 10.7. The van der Waals surface area contributed by atoms with Crippen molar-refractivity contribution in [3.8, 4) is 5.75 Å². The Morgan fingerprint density at radius 2 is 1.88 bits per heavy atom. The van der Waals surface area contributed by atoms with E-state index in [1.54, 1.807) is 61.6 Å². The SMILES string of the molecule is C/C=C(\C=C/C=C(C)C)C(=O)NNC(=O)C1=CC=CC(C)(Oc2ccnc(C(=O)NC)c2)C=C1. The number of rotatable bonds is 7. The summed E-state index contributed by atoms with van der Waals surface area (Å²) in [4.78, 5) is 40.7. The molecule has 0 saturated heterocycles. The minimum Gasteiger partial charge on any atom is -0.479 e. The Kier molecular flexibility index (Phi) is 9.31. The average molecular weight is 463 g/mol. The minimum absolute atomic E-state index is 0.232. The van der Waals surface area contributed by atoms with Crippen molar-refractivity contribution in [2.24, 2.45) is 0 Å². The highest BCUT2D eigenvalue weighted by molar-refractivity contribution is 6.01. The Morgan fingerprint density at radius 3 is 2.56 bits per heavy atom. The summed E-state index contributed by atoms with van der Waals surface area (Å²) < 4.78 is 6.04. The van der Waals surface area contributed by atoms with Crippen molar-refractivity contribution >= 4 is 17.7 Å². The Morgan fingerprint density at radius 1 is 1.12 bits per heavy atom. The highest BCUT2D eigenvalue weighted by Crippen LogP contribution is 2.24. The largest absolute Gasteiger partial charge is 0.479 e. The van der Waals surface area contributed by atoms with Gasteiger partial charge in [-0.25, -0.2) is 0 Å². The monoisotopic (exact) mass is 462 g/mol. The third-order valence-corrected chi connectivity index (χ3v) is 4.66. The van der Waals surface area contributed by atoms with Gasteiger partial charge >= 0.3 is 0 Å². The molecule has 1 aromatic heterocycles. The first-order chi connectivity index (χ1) is 16.2. The molecule has 0 bridgehead atoms. The van der Waals surface area contributed by atoms with Gasteiger partial charge in [0.2, 0.25) is 0 Å². The van der Waals surface area contributed by atoms with E-state index in [1.165, 1.54) is 19.3 Å². The molecule has 3 N–H and O–H groups in total. The number of pyridine rings is 1. The molecule has 0 fully saturated rings. The Labute approximate surface area is 199 Å². The van der Waals surface area contributed by atoms with Gasteiger partial charge in [-0.2, -0.15) is 0 Å². The normalized spacial score (nSPS) is 17.4. The van der Waals surface area contributed by atoms with Gasteiger partial charge in [-0.3, -0.25) is 30.2 Å². The van der Waals surface area contributed by atoms with Crippen LogP contribution in [0.5, 0.6) is 5.75 Å². The van der Waals surface area contributed by atoms with E-state index in [9.17, 15) is 14.4 Å². The molecular formula is C26H30N4O4. The molecule has 0 aromatic carbocycles. The molecule has 0 radical (unpaired) electrons. The van der Waals surface area contributed by atoms with Crippen LogP contribution >= 0.6 is 0 Å². The van der Waals surface area contributed by atoms with Crippen LogP contribution < -0.4 is 20.9 Å². The zero-order valence-corrected chi connectivity index (χ0v) is 20.0. The molecule has 1 unspecified atom stereocenters. The quantitative estimate of drug-likeness (QED) is 0.327. The molecular weight excluding hydrogens is 432 g/mol. The predicted molar refractivity (Wildman–Crippen MR) is 132 cm³/mol. The first-order valence-electron chi connectivity index (χ1n) is 10.7. The van der Waals surface area contributed by atoms with E-state index in [1.807, 2.05) is 26.8 Å². The van der Waals surface area contributed by atoms with Crippen LogP contribution in [-0.2, 0) is 9.59 Å². The van der Waals surface area contributed by atoms with Crippen molar-refractivity contribution in [2.45, 2.75) is 33.3 Å². The fourth-order valence-electron chi connectivity index (χ4n) is 2.81. The van der Waals surface area contributed by atoms with E-state index in [2.05, 4.69) is 21.2 Å². The number of allylic oxidation sites excluding steroid dienone is 6. The zero-order chi connectivity index (χ0) is 25.1. The van der Waals surface area contributed by atoms with E-state index in [0.29, 0.717) is 16.9 Å². The molecule has 2 rings (SSSR count). The second kappa shape index (κ2) is 12.2. The molecule has 8 nitrogen and oxygen atoms in total. The number of carbonyl (C=O) groups excluding carboxylic acids is 3. The van der Waals surface area contributed by atoms with Crippen molar-refractivity contribution in [2.75, 3.05) is 7.05 Å². The third kappa shape index (κ3) is 7.74. The van der Waals surface area contributed by atoms with E-state index in [0.717, 1.165) is 5.57 Å². The van der Waals surface area contributed by atoms with Crippen molar-refractivity contribution in [1.29, 1.82) is 0 Å². The van der Waals surface area contributed by atoms with E-state index in [-0.39, 0.29) is 11.6 Å². The van der Waals surface area contributed by atoms with Gasteiger partial charge in [0.15, 0.2) is 0 Å². The molecule has 34 heavy (non-hydrogen) atoms. The summed E-state index contributed by atoms with van der Waals surface area (Å²) in [6.07, 6.45) is 16.9. The van der Waals surface area contributed by atoms with Crippen LogP contribution in [0.2, 0.25) is 0 Å². The number of nitrogens with one attached hydrogen (secondary N) is 3. The van der Waals surface area contributed by atoms with Gasteiger partial charge in [-0.1, -0.05) is 29.9 Å². The van der Waals surface area contributed by atoms with Crippen LogP contribution in [0.4, 0.5) is 0 Å². The topological polar surface area (TPSA) is 109 Å². The van der Waals surface area contributed by atoms with E-state index >= 15 is 0 Å². The summed E-state index contributed by atoms with van der Waals surface area (Å²) in [5.41, 5.74) is 6.04. The van der Waals surface area contributed by atoms with Gasteiger partial charge in [-0.15, -0.1) is 0 Å². The average Bonchev–Trinajstić information content (AvgIpc) is 3.01.